The van der Waals surface area contributed by atoms with Gasteiger partial charge >= 0.3 is 5.97 Å². The molecule has 0 bridgehead atoms. The van der Waals surface area contributed by atoms with Crippen LogP contribution < -0.4 is 0 Å². The van der Waals surface area contributed by atoms with E-state index < -0.39 is 0 Å². The molecule has 1 saturated carbocycles. The van der Waals surface area contributed by atoms with E-state index in [1.807, 2.05) is 6.08 Å². The van der Waals surface area contributed by atoms with E-state index in [4.69, 9.17) is 4.74 Å². The highest BCUT2D eigenvalue weighted by Gasteiger charge is 2.51. The summed E-state index contributed by atoms with van der Waals surface area (Å²) >= 11 is 0. The molecule has 0 amide bonds. The highest BCUT2D eigenvalue weighted by Crippen LogP contribution is 2.60. The third kappa shape index (κ3) is 4.36. The number of fused-ring (bicyclic) bond motifs is 1. The molecule has 1 fully saturated rings. The van der Waals surface area contributed by atoms with Crippen molar-refractivity contribution in [3.05, 3.63) is 22.8 Å². The zero-order valence-corrected chi connectivity index (χ0v) is 16.8. The third-order valence-electron chi connectivity index (χ3n) is 6.92. The number of aliphatic hydroxyl groups is 1. The van der Waals surface area contributed by atoms with Crippen LogP contribution >= 0.6 is 0 Å². The van der Waals surface area contributed by atoms with E-state index in [9.17, 15) is 9.90 Å². The van der Waals surface area contributed by atoms with E-state index in [1.165, 1.54) is 38.2 Å². The van der Waals surface area contributed by atoms with Crippen LogP contribution in [0.2, 0.25) is 0 Å². The predicted molar refractivity (Wildman–Crippen MR) is 102 cm³/mol. The Labute approximate surface area is 153 Å². The summed E-state index contributed by atoms with van der Waals surface area (Å²) in [6.07, 6.45) is 10.1. The second-order valence-corrected chi connectivity index (χ2v) is 8.79. The van der Waals surface area contributed by atoms with Gasteiger partial charge in [0.2, 0.25) is 0 Å². The standard InChI is InChI=1S/C22H36O3/c1-16(11-14-25-18(3)24)7-9-19-17(2)8-10-20-21(4,15-23)12-6-13-22(19,20)5/h11,20,23H,6-10,12-15H2,1-5H3/b16-11+/t20-,21+,22+/m0/s1. The lowest BCUT2D eigenvalue weighted by atomic mass is 9.49. The number of esters is 1. The molecule has 0 aliphatic heterocycles. The Morgan fingerprint density at radius 2 is 2.04 bits per heavy atom. The molecule has 2 aliphatic rings. The van der Waals surface area contributed by atoms with Gasteiger partial charge in [0.05, 0.1) is 0 Å². The monoisotopic (exact) mass is 348 g/mol. The predicted octanol–water partition coefficient (Wildman–Crippen LogP) is 5.19. The van der Waals surface area contributed by atoms with Crippen LogP contribution in [-0.2, 0) is 9.53 Å². The number of carbonyl (C=O) groups is 1. The number of aliphatic hydroxyl groups excluding tert-OH is 1. The van der Waals surface area contributed by atoms with Crippen LogP contribution in [0.5, 0.6) is 0 Å². The lowest BCUT2D eigenvalue weighted by Gasteiger charge is -2.56. The van der Waals surface area contributed by atoms with Crippen LogP contribution in [0.4, 0.5) is 0 Å². The minimum atomic E-state index is -0.226. The van der Waals surface area contributed by atoms with Crippen LogP contribution in [-0.4, -0.2) is 24.3 Å². The molecular weight excluding hydrogens is 312 g/mol. The molecular formula is C22H36O3. The maximum Gasteiger partial charge on any atom is 0.302 e. The normalized spacial score (nSPS) is 33.2. The van der Waals surface area contributed by atoms with Crippen molar-refractivity contribution in [3.63, 3.8) is 0 Å². The Kier molecular flexibility index (Phi) is 6.53. The van der Waals surface area contributed by atoms with Crippen molar-refractivity contribution >= 4 is 5.97 Å². The number of ether oxygens (including phenoxy) is 1. The third-order valence-corrected chi connectivity index (χ3v) is 6.92. The van der Waals surface area contributed by atoms with E-state index in [0.717, 1.165) is 19.3 Å². The number of hydrogen-bond acceptors (Lipinski definition) is 3. The fraction of sp³-hybridized carbons (Fsp3) is 0.773. The molecule has 2 aliphatic carbocycles. The largest absolute Gasteiger partial charge is 0.462 e. The lowest BCUT2D eigenvalue weighted by Crippen LogP contribution is -2.48. The molecule has 3 heteroatoms. The van der Waals surface area contributed by atoms with Crippen LogP contribution in [0.25, 0.3) is 0 Å². The molecule has 3 atom stereocenters. The lowest BCUT2D eigenvalue weighted by molar-refractivity contribution is -0.139. The average Bonchev–Trinajstić information content (AvgIpc) is 2.53. The average molecular weight is 349 g/mol. The maximum absolute atomic E-state index is 10.9. The summed E-state index contributed by atoms with van der Waals surface area (Å²) in [4.78, 5) is 10.9. The summed E-state index contributed by atoms with van der Waals surface area (Å²) in [5, 5.41) is 10.0. The van der Waals surface area contributed by atoms with E-state index in [2.05, 4.69) is 27.7 Å². The van der Waals surface area contributed by atoms with Crippen molar-refractivity contribution in [1.29, 1.82) is 0 Å². The molecule has 2 rings (SSSR count). The quantitative estimate of drug-likeness (QED) is 0.530. The van der Waals surface area contributed by atoms with E-state index in [1.54, 1.807) is 11.1 Å². The molecule has 0 aromatic heterocycles. The summed E-state index contributed by atoms with van der Waals surface area (Å²) in [7, 11) is 0. The van der Waals surface area contributed by atoms with E-state index >= 15 is 0 Å². The van der Waals surface area contributed by atoms with Crippen molar-refractivity contribution in [2.24, 2.45) is 16.7 Å². The summed E-state index contributed by atoms with van der Waals surface area (Å²) in [6, 6.07) is 0. The highest BCUT2D eigenvalue weighted by atomic mass is 16.5. The van der Waals surface area contributed by atoms with Crippen LogP contribution in [0.1, 0.15) is 79.6 Å². The molecule has 0 spiro atoms. The Bertz CT molecular complexity index is 560. The fourth-order valence-corrected chi connectivity index (χ4v) is 5.42. The van der Waals surface area contributed by atoms with Gasteiger partial charge in [0.1, 0.15) is 6.61 Å². The van der Waals surface area contributed by atoms with Gasteiger partial charge < -0.3 is 9.84 Å². The minimum Gasteiger partial charge on any atom is -0.462 e. The molecule has 142 valence electrons. The Balaban J connectivity index is 2.12. The van der Waals surface area contributed by atoms with Gasteiger partial charge in [-0.15, -0.1) is 0 Å². The van der Waals surface area contributed by atoms with Crippen molar-refractivity contribution in [2.75, 3.05) is 13.2 Å². The second kappa shape index (κ2) is 8.07. The number of hydrogen-bond donors (Lipinski definition) is 1. The SMILES string of the molecule is CC(=O)OC/C=C(\C)CCC1=C(C)CC[C@H]2[C@@](C)(CO)CCC[C@]12C. The summed E-state index contributed by atoms with van der Waals surface area (Å²) in [6.45, 7) is 11.3. The smallest absolute Gasteiger partial charge is 0.302 e. The van der Waals surface area contributed by atoms with Gasteiger partial charge in [0.15, 0.2) is 0 Å². The van der Waals surface area contributed by atoms with Crippen molar-refractivity contribution in [1.82, 2.24) is 0 Å². The molecule has 0 saturated heterocycles. The Morgan fingerprint density at radius 3 is 2.68 bits per heavy atom. The van der Waals surface area contributed by atoms with Crippen LogP contribution in [0, 0.1) is 16.7 Å². The zero-order valence-electron chi connectivity index (χ0n) is 16.8. The molecule has 0 unspecified atom stereocenters. The molecule has 3 nitrogen and oxygen atoms in total. The summed E-state index contributed by atoms with van der Waals surface area (Å²) in [5.41, 5.74) is 4.78. The number of allylic oxidation sites excluding steroid dienone is 3. The first-order valence-corrected chi connectivity index (χ1v) is 9.82. The van der Waals surface area contributed by atoms with Gasteiger partial charge in [-0.2, -0.15) is 0 Å². The molecule has 0 aromatic rings. The fourth-order valence-electron chi connectivity index (χ4n) is 5.42. The van der Waals surface area contributed by atoms with Gasteiger partial charge in [-0.25, -0.2) is 0 Å². The Morgan fingerprint density at radius 1 is 1.32 bits per heavy atom. The Hall–Kier alpha value is -1.09. The molecule has 0 aromatic carbocycles. The van der Waals surface area contributed by atoms with Crippen molar-refractivity contribution < 1.29 is 14.6 Å². The first-order valence-electron chi connectivity index (χ1n) is 9.82. The number of carbonyl (C=O) groups excluding carboxylic acids is 1. The summed E-state index contributed by atoms with van der Waals surface area (Å²) in [5.74, 6) is 0.360. The van der Waals surface area contributed by atoms with Crippen molar-refractivity contribution in [2.45, 2.75) is 79.6 Å². The van der Waals surface area contributed by atoms with Crippen LogP contribution in [0.3, 0.4) is 0 Å². The first kappa shape index (κ1) is 20.2. The first-order chi connectivity index (χ1) is 11.7. The van der Waals surface area contributed by atoms with Gasteiger partial charge in [-0.3, -0.25) is 4.79 Å². The molecule has 0 heterocycles. The van der Waals surface area contributed by atoms with Gasteiger partial charge in [0.25, 0.3) is 0 Å². The van der Waals surface area contributed by atoms with Gasteiger partial charge in [-0.05, 0) is 75.2 Å². The van der Waals surface area contributed by atoms with Crippen LogP contribution in [0.15, 0.2) is 22.8 Å². The van der Waals surface area contributed by atoms with Gasteiger partial charge in [-0.1, -0.05) is 37.0 Å². The second-order valence-electron chi connectivity index (χ2n) is 8.79. The zero-order chi connectivity index (χ0) is 18.7. The molecule has 25 heavy (non-hydrogen) atoms. The topological polar surface area (TPSA) is 46.5 Å². The van der Waals surface area contributed by atoms with E-state index in [0.29, 0.717) is 19.1 Å². The highest BCUT2D eigenvalue weighted by molar-refractivity contribution is 5.66. The molecule has 0 radical (unpaired) electrons. The summed E-state index contributed by atoms with van der Waals surface area (Å²) < 4.78 is 5.02. The van der Waals surface area contributed by atoms with E-state index in [-0.39, 0.29) is 16.8 Å². The van der Waals surface area contributed by atoms with Gasteiger partial charge in [0, 0.05) is 13.5 Å². The number of rotatable bonds is 6. The minimum absolute atomic E-state index is 0.0686. The maximum atomic E-state index is 10.9. The van der Waals surface area contributed by atoms with Crippen molar-refractivity contribution in [3.8, 4) is 0 Å². The molecule has 1 N–H and O–H groups in total.